The molecule has 0 aliphatic rings. The summed E-state index contributed by atoms with van der Waals surface area (Å²) in [6, 6.07) is 10.8. The quantitative estimate of drug-likeness (QED) is 0.689. The van der Waals surface area contributed by atoms with Gasteiger partial charge in [-0.25, -0.2) is 4.98 Å². The van der Waals surface area contributed by atoms with Crippen molar-refractivity contribution in [1.82, 2.24) is 9.88 Å². The van der Waals surface area contributed by atoms with Gasteiger partial charge in [-0.2, -0.15) is 0 Å². The van der Waals surface area contributed by atoms with E-state index in [1.165, 1.54) is 11.3 Å². The van der Waals surface area contributed by atoms with Crippen LogP contribution in [0.3, 0.4) is 0 Å². The number of benzene rings is 1. The van der Waals surface area contributed by atoms with Gasteiger partial charge in [0.05, 0.1) is 19.4 Å². The van der Waals surface area contributed by atoms with E-state index in [0.29, 0.717) is 18.2 Å². The van der Waals surface area contributed by atoms with Gasteiger partial charge in [0.1, 0.15) is 11.5 Å². The number of hydrogen-bond donors (Lipinski definition) is 2. The first-order valence-corrected chi connectivity index (χ1v) is 8.29. The van der Waals surface area contributed by atoms with E-state index in [4.69, 9.17) is 4.42 Å². The van der Waals surface area contributed by atoms with Crippen molar-refractivity contribution in [2.45, 2.75) is 13.1 Å². The van der Waals surface area contributed by atoms with Crippen molar-refractivity contribution in [3.05, 3.63) is 65.6 Å². The number of phenols is 1. The van der Waals surface area contributed by atoms with Gasteiger partial charge in [-0.05, 0) is 18.2 Å². The molecule has 1 aromatic carbocycles. The lowest BCUT2D eigenvalue weighted by atomic mass is 10.2. The smallest absolute Gasteiger partial charge is 0.240 e. The second-order valence-corrected chi connectivity index (χ2v) is 6.13. The van der Waals surface area contributed by atoms with Gasteiger partial charge < -0.3 is 14.8 Å². The first kappa shape index (κ1) is 16.2. The lowest BCUT2D eigenvalue weighted by molar-refractivity contribution is -0.117. The lowest BCUT2D eigenvalue weighted by Crippen LogP contribution is -2.32. The van der Waals surface area contributed by atoms with Gasteiger partial charge in [-0.3, -0.25) is 9.69 Å². The van der Waals surface area contributed by atoms with E-state index in [9.17, 15) is 9.90 Å². The van der Waals surface area contributed by atoms with E-state index in [0.717, 1.165) is 11.3 Å². The number of anilines is 1. The Bertz CT molecular complexity index is 772. The predicted octanol–water partition coefficient (Wildman–Crippen LogP) is 3.08. The zero-order valence-corrected chi connectivity index (χ0v) is 13.7. The standard InChI is InChI=1S/C17H17N3O3S/c21-15-6-2-1-4-13(15)10-20(11-14-5-3-8-23-14)12-16(22)19-17-18-7-9-24-17/h1-9,21H,10-12H2,(H,18,19,22). The summed E-state index contributed by atoms with van der Waals surface area (Å²) in [5.41, 5.74) is 0.756. The first-order chi connectivity index (χ1) is 11.7. The number of furan rings is 1. The number of aromatic nitrogens is 1. The Labute approximate surface area is 143 Å². The molecule has 0 spiro atoms. The fraction of sp³-hybridized carbons (Fsp3) is 0.176. The second-order valence-electron chi connectivity index (χ2n) is 5.24. The number of aromatic hydroxyl groups is 1. The molecule has 3 rings (SSSR count). The summed E-state index contributed by atoms with van der Waals surface area (Å²) in [6.45, 7) is 1.06. The maximum Gasteiger partial charge on any atom is 0.240 e. The Kier molecular flexibility index (Phi) is 5.25. The number of carbonyl (C=O) groups is 1. The van der Waals surface area contributed by atoms with Crippen LogP contribution in [0.2, 0.25) is 0 Å². The molecule has 1 amide bonds. The highest BCUT2D eigenvalue weighted by Crippen LogP contribution is 2.19. The molecule has 0 unspecified atom stereocenters. The molecule has 2 N–H and O–H groups in total. The monoisotopic (exact) mass is 343 g/mol. The summed E-state index contributed by atoms with van der Waals surface area (Å²) < 4.78 is 5.37. The van der Waals surface area contributed by atoms with Crippen LogP contribution in [0.1, 0.15) is 11.3 Å². The van der Waals surface area contributed by atoms with Crippen LogP contribution in [-0.2, 0) is 17.9 Å². The van der Waals surface area contributed by atoms with E-state index in [1.54, 1.807) is 30.0 Å². The van der Waals surface area contributed by atoms with Gasteiger partial charge >= 0.3 is 0 Å². The highest BCUT2D eigenvalue weighted by Gasteiger charge is 2.15. The molecule has 0 radical (unpaired) electrons. The van der Waals surface area contributed by atoms with Crippen LogP contribution in [0.4, 0.5) is 5.13 Å². The molecule has 124 valence electrons. The van der Waals surface area contributed by atoms with E-state index < -0.39 is 0 Å². The largest absolute Gasteiger partial charge is 0.508 e. The third kappa shape index (κ3) is 4.43. The van der Waals surface area contributed by atoms with Crippen LogP contribution >= 0.6 is 11.3 Å². The molecule has 0 fully saturated rings. The maximum atomic E-state index is 12.2. The maximum absolute atomic E-state index is 12.2. The molecule has 2 heterocycles. The minimum absolute atomic E-state index is 0.160. The molecule has 0 atom stereocenters. The minimum atomic E-state index is -0.160. The molecule has 0 aliphatic heterocycles. The van der Waals surface area contributed by atoms with Crippen LogP contribution in [0.25, 0.3) is 0 Å². The van der Waals surface area contributed by atoms with E-state index in [2.05, 4.69) is 10.3 Å². The Morgan fingerprint density at radius 1 is 1.25 bits per heavy atom. The third-order valence-electron chi connectivity index (χ3n) is 3.39. The van der Waals surface area contributed by atoms with Crippen LogP contribution in [0.15, 0.2) is 58.7 Å². The summed E-state index contributed by atoms with van der Waals surface area (Å²) in [5.74, 6) is 0.807. The number of para-hydroxylation sites is 1. The summed E-state index contributed by atoms with van der Waals surface area (Å²) in [6.07, 6.45) is 3.24. The number of thiazole rings is 1. The number of phenolic OH excluding ortho intramolecular Hbond substituents is 1. The molecule has 3 aromatic rings. The molecule has 0 bridgehead atoms. The van der Waals surface area contributed by atoms with E-state index >= 15 is 0 Å². The summed E-state index contributed by atoms with van der Waals surface area (Å²) in [5, 5.41) is 15.1. The van der Waals surface area contributed by atoms with Crippen molar-refractivity contribution < 1.29 is 14.3 Å². The van der Waals surface area contributed by atoms with Gasteiger partial charge in [-0.1, -0.05) is 18.2 Å². The van der Waals surface area contributed by atoms with Gasteiger partial charge in [-0.15, -0.1) is 11.3 Å². The van der Waals surface area contributed by atoms with Crippen LogP contribution < -0.4 is 5.32 Å². The molecule has 2 aromatic heterocycles. The first-order valence-electron chi connectivity index (χ1n) is 7.41. The highest BCUT2D eigenvalue weighted by atomic mass is 32.1. The summed E-state index contributed by atoms with van der Waals surface area (Å²) >= 11 is 1.37. The zero-order chi connectivity index (χ0) is 16.8. The average molecular weight is 343 g/mol. The lowest BCUT2D eigenvalue weighted by Gasteiger charge is -2.21. The molecule has 7 heteroatoms. The number of rotatable bonds is 7. The van der Waals surface area contributed by atoms with Crippen molar-refractivity contribution in [3.8, 4) is 5.75 Å². The molecule has 24 heavy (non-hydrogen) atoms. The molecule has 6 nitrogen and oxygen atoms in total. The topological polar surface area (TPSA) is 78.6 Å². The van der Waals surface area contributed by atoms with E-state index in [-0.39, 0.29) is 18.2 Å². The Morgan fingerprint density at radius 2 is 2.12 bits per heavy atom. The number of nitrogens with one attached hydrogen (secondary N) is 1. The molecular weight excluding hydrogens is 326 g/mol. The van der Waals surface area contributed by atoms with Gasteiger partial charge in [0.25, 0.3) is 0 Å². The van der Waals surface area contributed by atoms with Gasteiger partial charge in [0.2, 0.25) is 5.91 Å². The second kappa shape index (κ2) is 7.76. The molecule has 0 aliphatic carbocycles. The van der Waals surface area contributed by atoms with Gasteiger partial charge in [0, 0.05) is 23.7 Å². The number of nitrogens with zero attached hydrogens (tertiary/aromatic N) is 2. The predicted molar refractivity (Wildman–Crippen MR) is 91.7 cm³/mol. The fourth-order valence-electron chi connectivity index (χ4n) is 2.32. The third-order valence-corrected chi connectivity index (χ3v) is 4.08. The van der Waals surface area contributed by atoms with Crippen LogP contribution in [0.5, 0.6) is 5.75 Å². The van der Waals surface area contributed by atoms with Crippen molar-refractivity contribution in [2.75, 3.05) is 11.9 Å². The van der Waals surface area contributed by atoms with Crippen molar-refractivity contribution >= 4 is 22.4 Å². The number of hydrogen-bond acceptors (Lipinski definition) is 6. The van der Waals surface area contributed by atoms with Crippen molar-refractivity contribution in [3.63, 3.8) is 0 Å². The highest BCUT2D eigenvalue weighted by molar-refractivity contribution is 7.13. The Balaban J connectivity index is 1.69. The Morgan fingerprint density at radius 3 is 2.83 bits per heavy atom. The van der Waals surface area contributed by atoms with Crippen molar-refractivity contribution in [2.24, 2.45) is 0 Å². The van der Waals surface area contributed by atoms with Crippen LogP contribution in [-0.4, -0.2) is 27.4 Å². The van der Waals surface area contributed by atoms with Crippen LogP contribution in [0, 0.1) is 0 Å². The number of amides is 1. The zero-order valence-electron chi connectivity index (χ0n) is 12.9. The Hall–Kier alpha value is -2.64. The SMILES string of the molecule is O=C(CN(Cc1ccco1)Cc1ccccc1O)Nc1nccs1. The van der Waals surface area contributed by atoms with E-state index in [1.807, 2.05) is 29.2 Å². The van der Waals surface area contributed by atoms with Crippen molar-refractivity contribution in [1.29, 1.82) is 0 Å². The minimum Gasteiger partial charge on any atom is -0.508 e. The fourth-order valence-corrected chi connectivity index (χ4v) is 2.87. The number of carbonyl (C=O) groups excluding carboxylic acids is 1. The van der Waals surface area contributed by atoms with Gasteiger partial charge in [0.15, 0.2) is 5.13 Å². The molecule has 0 saturated carbocycles. The summed E-state index contributed by atoms with van der Waals surface area (Å²) in [7, 11) is 0. The summed E-state index contributed by atoms with van der Waals surface area (Å²) in [4.78, 5) is 18.2. The normalized spacial score (nSPS) is 10.9. The molecule has 0 saturated heterocycles. The average Bonchev–Trinajstić information content (AvgIpc) is 3.23. The molecular formula is C17H17N3O3S.